The predicted octanol–water partition coefficient (Wildman–Crippen LogP) is 3.00. The minimum Gasteiger partial charge on any atom is -0.412 e. The lowest BCUT2D eigenvalue weighted by Crippen LogP contribution is -2.41. The van der Waals surface area contributed by atoms with Gasteiger partial charge in [-0.25, -0.2) is 4.98 Å². The van der Waals surface area contributed by atoms with Gasteiger partial charge in [0.1, 0.15) is 10.6 Å². The number of aromatic nitrogens is 1. The van der Waals surface area contributed by atoms with Crippen LogP contribution in [0, 0.1) is 0 Å². The molecule has 1 saturated heterocycles. The van der Waals surface area contributed by atoms with Gasteiger partial charge in [-0.1, -0.05) is 20.8 Å². The zero-order valence-electron chi connectivity index (χ0n) is 15.9. The fourth-order valence-corrected chi connectivity index (χ4v) is 4.06. The first kappa shape index (κ1) is 19.1. The molecule has 0 aliphatic carbocycles. The molecule has 0 amide bonds. The molecule has 1 aliphatic rings. The second-order valence-electron chi connectivity index (χ2n) is 9.02. The molecule has 0 radical (unpaired) electrons. The van der Waals surface area contributed by atoms with Gasteiger partial charge >= 0.3 is 7.12 Å². The molecule has 1 aromatic rings. The maximum Gasteiger partial charge on any atom is 0.507 e. The molecule has 0 atom stereocenters. The molecule has 1 aliphatic heterocycles. The fourth-order valence-electron chi connectivity index (χ4n) is 2.09. The quantitative estimate of drug-likeness (QED) is 0.779. The number of hydrogen-bond acceptors (Lipinski definition) is 5. The van der Waals surface area contributed by atoms with E-state index in [0.717, 1.165) is 9.78 Å². The molecule has 23 heavy (non-hydrogen) atoms. The Hall–Kier alpha value is -0.208. The Bertz CT molecular complexity index is 550. The standard InChI is InChI=1S/C16H30BNO3SSi/c1-13(2,3)23-21-14(4,5)12-18-10-11(22-12)17-19-15(6,7)16(8,9)20-17/h10H,23H2,1-9H3. The van der Waals surface area contributed by atoms with Gasteiger partial charge in [0.2, 0.25) is 0 Å². The zero-order valence-corrected chi connectivity index (χ0v) is 18.2. The largest absolute Gasteiger partial charge is 0.507 e. The van der Waals surface area contributed by atoms with Crippen LogP contribution in [0.2, 0.25) is 5.04 Å². The van der Waals surface area contributed by atoms with Crippen LogP contribution in [0.5, 0.6) is 0 Å². The first-order valence-electron chi connectivity index (χ1n) is 8.19. The third-order valence-electron chi connectivity index (χ3n) is 4.39. The van der Waals surface area contributed by atoms with Gasteiger partial charge < -0.3 is 13.7 Å². The molecule has 2 rings (SSSR count). The van der Waals surface area contributed by atoms with Crippen LogP contribution in [0.15, 0.2) is 6.20 Å². The van der Waals surface area contributed by atoms with Gasteiger partial charge in [-0.05, 0) is 46.6 Å². The molecule has 1 fully saturated rings. The van der Waals surface area contributed by atoms with Crippen LogP contribution in [-0.4, -0.2) is 33.1 Å². The van der Waals surface area contributed by atoms with Crippen molar-refractivity contribution >= 4 is 33.0 Å². The van der Waals surface area contributed by atoms with E-state index >= 15 is 0 Å². The number of thiazole rings is 1. The van der Waals surface area contributed by atoms with Crippen molar-refractivity contribution in [3.8, 4) is 0 Å². The van der Waals surface area contributed by atoms with Crippen molar-refractivity contribution in [1.82, 2.24) is 4.98 Å². The smallest absolute Gasteiger partial charge is 0.412 e. The van der Waals surface area contributed by atoms with Gasteiger partial charge in [-0.3, -0.25) is 0 Å². The normalized spacial score (nSPS) is 21.5. The highest BCUT2D eigenvalue weighted by Crippen LogP contribution is 2.37. The monoisotopic (exact) mass is 355 g/mol. The van der Waals surface area contributed by atoms with Crippen LogP contribution >= 0.6 is 11.3 Å². The average molecular weight is 355 g/mol. The van der Waals surface area contributed by atoms with E-state index in [4.69, 9.17) is 13.7 Å². The van der Waals surface area contributed by atoms with E-state index in [2.05, 4.69) is 67.3 Å². The first-order chi connectivity index (χ1) is 10.2. The molecule has 0 unspecified atom stereocenters. The lowest BCUT2D eigenvalue weighted by molar-refractivity contribution is 0.00578. The van der Waals surface area contributed by atoms with E-state index in [1.54, 1.807) is 11.3 Å². The van der Waals surface area contributed by atoms with Crippen LogP contribution in [0.1, 0.15) is 67.3 Å². The van der Waals surface area contributed by atoms with E-state index in [0.29, 0.717) is 0 Å². The van der Waals surface area contributed by atoms with Crippen LogP contribution in [0.3, 0.4) is 0 Å². The van der Waals surface area contributed by atoms with E-state index in [1.807, 2.05) is 6.20 Å². The Kier molecular flexibility index (Phi) is 4.95. The van der Waals surface area contributed by atoms with Crippen molar-refractivity contribution in [1.29, 1.82) is 0 Å². The molecule has 7 heteroatoms. The van der Waals surface area contributed by atoms with E-state index < -0.39 is 9.76 Å². The van der Waals surface area contributed by atoms with Crippen molar-refractivity contribution in [2.24, 2.45) is 0 Å². The summed E-state index contributed by atoms with van der Waals surface area (Å²) in [6, 6.07) is 0. The highest BCUT2D eigenvalue weighted by Gasteiger charge is 2.52. The Morgan fingerprint density at radius 1 is 1.09 bits per heavy atom. The molecular formula is C16H30BNO3SSi. The van der Waals surface area contributed by atoms with Crippen LogP contribution in [0.25, 0.3) is 0 Å². The van der Waals surface area contributed by atoms with Gasteiger partial charge in [-0.15, -0.1) is 11.3 Å². The van der Waals surface area contributed by atoms with Crippen molar-refractivity contribution in [3.05, 3.63) is 11.2 Å². The molecule has 0 saturated carbocycles. The van der Waals surface area contributed by atoms with Crippen molar-refractivity contribution in [3.63, 3.8) is 0 Å². The summed E-state index contributed by atoms with van der Waals surface area (Å²) in [6.45, 7) is 19.1. The molecule has 0 aromatic carbocycles. The number of rotatable bonds is 4. The molecule has 4 nitrogen and oxygen atoms in total. The number of nitrogens with zero attached hydrogens (tertiary/aromatic N) is 1. The second kappa shape index (κ2) is 5.95. The summed E-state index contributed by atoms with van der Waals surface area (Å²) in [5.41, 5.74) is -1.01. The van der Waals surface area contributed by atoms with Crippen molar-refractivity contribution in [2.45, 2.75) is 84.2 Å². The summed E-state index contributed by atoms with van der Waals surface area (Å²) < 4.78 is 19.5. The maximum atomic E-state index is 6.24. The summed E-state index contributed by atoms with van der Waals surface area (Å²) in [5, 5.41) is 1.25. The first-order valence-corrected chi connectivity index (χ1v) is 10.3. The lowest BCUT2D eigenvalue weighted by Gasteiger charge is -2.32. The third-order valence-corrected chi connectivity index (χ3v) is 7.45. The van der Waals surface area contributed by atoms with E-state index in [1.165, 1.54) is 0 Å². The summed E-state index contributed by atoms with van der Waals surface area (Å²) in [5.74, 6) is 0. The lowest BCUT2D eigenvalue weighted by atomic mass is 9.89. The molecular weight excluding hydrogens is 325 g/mol. The molecule has 0 N–H and O–H groups in total. The van der Waals surface area contributed by atoms with Gasteiger partial charge in [0.15, 0.2) is 9.76 Å². The van der Waals surface area contributed by atoms with Gasteiger partial charge in [0.05, 0.1) is 16.0 Å². The topological polar surface area (TPSA) is 40.6 Å². The van der Waals surface area contributed by atoms with Crippen LogP contribution in [-0.2, 0) is 19.3 Å². The SMILES string of the molecule is CC(C)(C)[SiH2]OC(C)(C)c1ncc(B2OC(C)(C)C(C)(C)O2)s1. The van der Waals surface area contributed by atoms with Gasteiger partial charge in [0, 0.05) is 6.20 Å². The van der Waals surface area contributed by atoms with Crippen LogP contribution < -0.4 is 4.78 Å². The minimum atomic E-state index is -0.638. The Labute approximate surface area is 147 Å². The molecule has 130 valence electrons. The van der Waals surface area contributed by atoms with Gasteiger partial charge in [-0.2, -0.15) is 0 Å². The minimum absolute atomic E-state index is 0.267. The van der Waals surface area contributed by atoms with Crippen molar-refractivity contribution in [2.75, 3.05) is 0 Å². The van der Waals surface area contributed by atoms with Crippen LogP contribution in [0.4, 0.5) is 0 Å². The Morgan fingerprint density at radius 2 is 1.61 bits per heavy atom. The highest BCUT2D eigenvalue weighted by molar-refractivity contribution is 7.22. The van der Waals surface area contributed by atoms with Gasteiger partial charge in [0.25, 0.3) is 0 Å². The molecule has 1 aromatic heterocycles. The highest BCUT2D eigenvalue weighted by atomic mass is 32.1. The summed E-state index contributed by atoms with van der Waals surface area (Å²) >= 11 is 1.63. The molecule has 2 heterocycles. The molecule has 0 spiro atoms. The fraction of sp³-hybridized carbons (Fsp3) is 0.812. The zero-order chi connectivity index (χ0) is 17.7. The maximum absolute atomic E-state index is 6.24. The van der Waals surface area contributed by atoms with E-state index in [-0.39, 0.29) is 29.0 Å². The predicted molar refractivity (Wildman–Crippen MR) is 100 cm³/mol. The Balaban J connectivity index is 2.12. The van der Waals surface area contributed by atoms with E-state index in [9.17, 15) is 0 Å². The summed E-state index contributed by atoms with van der Waals surface area (Å²) in [6.07, 6.45) is 1.87. The summed E-state index contributed by atoms with van der Waals surface area (Å²) in [7, 11) is -0.984. The third kappa shape index (κ3) is 4.25. The second-order valence-corrected chi connectivity index (χ2v) is 12.8. The van der Waals surface area contributed by atoms with Crippen molar-refractivity contribution < 1.29 is 13.7 Å². The molecule has 0 bridgehead atoms. The Morgan fingerprint density at radius 3 is 2.09 bits per heavy atom. The summed E-state index contributed by atoms with van der Waals surface area (Å²) in [4.78, 5) is 4.58. The average Bonchev–Trinajstić information content (AvgIpc) is 2.91. The number of hydrogen-bond donors (Lipinski definition) is 0.